The van der Waals surface area contributed by atoms with Crippen LogP contribution in [-0.2, 0) is 6.54 Å². The van der Waals surface area contributed by atoms with Crippen LogP contribution in [0.5, 0.6) is 5.75 Å². The van der Waals surface area contributed by atoms with E-state index in [0.717, 1.165) is 43.4 Å². The van der Waals surface area contributed by atoms with Crippen molar-refractivity contribution < 1.29 is 23.0 Å². The Labute approximate surface area is 155 Å². The number of rotatable bonds is 6. The van der Waals surface area contributed by atoms with Crippen molar-refractivity contribution in [3.8, 4) is 5.75 Å². The molecule has 0 spiro atoms. The quantitative estimate of drug-likeness (QED) is 0.797. The number of nitrogens with zero attached hydrogens (tertiary/aromatic N) is 2. The van der Waals surface area contributed by atoms with Crippen molar-refractivity contribution in [1.29, 1.82) is 0 Å². The van der Waals surface area contributed by atoms with E-state index in [4.69, 9.17) is 0 Å². The van der Waals surface area contributed by atoms with Gasteiger partial charge < -0.3 is 20.1 Å². The molecule has 0 atom stereocenters. The van der Waals surface area contributed by atoms with Crippen LogP contribution < -0.4 is 15.0 Å². The van der Waals surface area contributed by atoms with Gasteiger partial charge in [-0.3, -0.25) is 0 Å². The van der Waals surface area contributed by atoms with Crippen LogP contribution in [0.1, 0.15) is 18.4 Å². The van der Waals surface area contributed by atoms with Crippen LogP contribution in [0, 0.1) is 5.92 Å². The second-order valence-electron chi connectivity index (χ2n) is 6.56. The monoisotopic (exact) mass is 381 g/mol. The molecular formula is C19H22F3N3O2. The van der Waals surface area contributed by atoms with Crippen molar-refractivity contribution in [2.45, 2.75) is 25.7 Å². The lowest BCUT2D eigenvalue weighted by atomic mass is 9.97. The normalized spacial score (nSPS) is 15.6. The minimum atomic E-state index is -4.72. The molecule has 0 radical (unpaired) electrons. The molecule has 0 saturated carbocycles. The molecule has 1 aliphatic rings. The third-order valence-corrected chi connectivity index (χ3v) is 4.62. The number of aliphatic hydroxyl groups excluding tert-OH is 1. The number of piperidine rings is 1. The molecule has 0 unspecified atom stereocenters. The average molecular weight is 381 g/mol. The number of ether oxygens (including phenoxy) is 1. The number of hydrogen-bond acceptors (Lipinski definition) is 5. The minimum Gasteiger partial charge on any atom is -0.404 e. The highest BCUT2D eigenvalue weighted by Gasteiger charge is 2.31. The molecule has 1 fully saturated rings. The summed E-state index contributed by atoms with van der Waals surface area (Å²) < 4.78 is 40.2. The van der Waals surface area contributed by atoms with E-state index in [1.54, 1.807) is 0 Å². The third-order valence-electron chi connectivity index (χ3n) is 4.62. The summed E-state index contributed by atoms with van der Waals surface area (Å²) >= 11 is 0. The van der Waals surface area contributed by atoms with Crippen molar-refractivity contribution >= 4 is 11.5 Å². The minimum absolute atomic E-state index is 0.260. The Morgan fingerprint density at radius 3 is 2.37 bits per heavy atom. The molecule has 146 valence electrons. The van der Waals surface area contributed by atoms with Gasteiger partial charge in [0.15, 0.2) is 0 Å². The highest BCUT2D eigenvalue weighted by Crippen LogP contribution is 2.24. The summed E-state index contributed by atoms with van der Waals surface area (Å²) in [5.74, 6) is 0.534. The van der Waals surface area contributed by atoms with Crippen LogP contribution in [0.2, 0.25) is 0 Å². The van der Waals surface area contributed by atoms with Gasteiger partial charge >= 0.3 is 6.36 Å². The first-order valence-corrected chi connectivity index (χ1v) is 8.83. The number of pyridine rings is 1. The second kappa shape index (κ2) is 8.47. The highest BCUT2D eigenvalue weighted by atomic mass is 19.4. The van der Waals surface area contributed by atoms with Crippen LogP contribution in [0.25, 0.3) is 0 Å². The van der Waals surface area contributed by atoms with Gasteiger partial charge in [-0.1, -0.05) is 12.1 Å². The van der Waals surface area contributed by atoms with Crippen molar-refractivity contribution in [3.63, 3.8) is 0 Å². The Morgan fingerprint density at radius 1 is 1.11 bits per heavy atom. The predicted molar refractivity (Wildman–Crippen MR) is 96.7 cm³/mol. The lowest BCUT2D eigenvalue weighted by Gasteiger charge is -2.33. The number of halogens is 3. The molecular weight excluding hydrogens is 359 g/mol. The molecule has 0 amide bonds. The number of anilines is 2. The van der Waals surface area contributed by atoms with Gasteiger partial charge in [0.05, 0.1) is 6.20 Å². The van der Waals surface area contributed by atoms with E-state index < -0.39 is 6.36 Å². The largest absolute Gasteiger partial charge is 0.573 e. The van der Waals surface area contributed by atoms with E-state index in [1.165, 1.54) is 12.1 Å². The Kier molecular flexibility index (Phi) is 6.05. The summed E-state index contributed by atoms with van der Waals surface area (Å²) in [6.07, 6.45) is -1.68. The zero-order chi connectivity index (χ0) is 19.3. The predicted octanol–water partition coefficient (Wildman–Crippen LogP) is 3.80. The maximum absolute atomic E-state index is 12.1. The van der Waals surface area contributed by atoms with Gasteiger partial charge in [-0.15, -0.1) is 13.2 Å². The molecule has 27 heavy (non-hydrogen) atoms. The fourth-order valence-corrected chi connectivity index (χ4v) is 3.07. The topological polar surface area (TPSA) is 57.6 Å². The average Bonchev–Trinajstić information content (AvgIpc) is 2.67. The number of aromatic nitrogens is 1. The van der Waals surface area contributed by atoms with Gasteiger partial charge in [0.2, 0.25) is 0 Å². The Morgan fingerprint density at radius 2 is 1.81 bits per heavy atom. The molecule has 1 aromatic heterocycles. The van der Waals surface area contributed by atoms with E-state index in [2.05, 4.69) is 32.1 Å². The summed E-state index contributed by atoms with van der Waals surface area (Å²) in [6.45, 7) is 2.66. The Hall–Kier alpha value is -2.48. The van der Waals surface area contributed by atoms with Crippen LogP contribution in [0.4, 0.5) is 24.7 Å². The van der Waals surface area contributed by atoms with Gasteiger partial charge in [0.25, 0.3) is 0 Å². The SMILES string of the molecule is OCC1CCN(c2ccc(CNc3ccc(OC(F)(F)F)cn3)cc2)CC1. The van der Waals surface area contributed by atoms with E-state index >= 15 is 0 Å². The molecule has 5 nitrogen and oxygen atoms in total. The molecule has 1 aromatic carbocycles. The Balaban J connectivity index is 1.50. The van der Waals surface area contributed by atoms with E-state index in [9.17, 15) is 18.3 Å². The van der Waals surface area contributed by atoms with E-state index in [-0.39, 0.29) is 12.4 Å². The van der Waals surface area contributed by atoms with Gasteiger partial charge in [-0.2, -0.15) is 0 Å². The lowest BCUT2D eigenvalue weighted by Crippen LogP contribution is -2.34. The summed E-state index contributed by atoms with van der Waals surface area (Å²) in [4.78, 5) is 6.23. The summed E-state index contributed by atoms with van der Waals surface area (Å²) in [5.41, 5.74) is 2.20. The van der Waals surface area contributed by atoms with Crippen LogP contribution in [0.15, 0.2) is 42.6 Å². The van der Waals surface area contributed by atoms with Crippen molar-refractivity contribution in [2.24, 2.45) is 5.92 Å². The fourth-order valence-electron chi connectivity index (χ4n) is 3.07. The van der Waals surface area contributed by atoms with Gasteiger partial charge in [0, 0.05) is 31.9 Å². The highest BCUT2D eigenvalue weighted by molar-refractivity contribution is 5.48. The first-order valence-electron chi connectivity index (χ1n) is 8.83. The van der Waals surface area contributed by atoms with Gasteiger partial charge in [-0.25, -0.2) is 4.98 Å². The first-order chi connectivity index (χ1) is 12.9. The summed E-state index contributed by atoms with van der Waals surface area (Å²) in [6, 6.07) is 10.8. The molecule has 2 N–H and O–H groups in total. The maximum Gasteiger partial charge on any atom is 0.573 e. The number of benzene rings is 1. The molecule has 2 aromatic rings. The number of aliphatic hydroxyl groups is 1. The molecule has 2 heterocycles. The summed E-state index contributed by atoms with van der Waals surface area (Å²) in [5, 5.41) is 12.3. The van der Waals surface area contributed by atoms with Crippen molar-refractivity contribution in [1.82, 2.24) is 4.98 Å². The van der Waals surface area contributed by atoms with E-state index in [1.807, 2.05) is 12.1 Å². The molecule has 8 heteroatoms. The fraction of sp³-hybridized carbons (Fsp3) is 0.421. The summed E-state index contributed by atoms with van der Waals surface area (Å²) in [7, 11) is 0. The van der Waals surface area contributed by atoms with Crippen LogP contribution in [-0.4, -0.2) is 36.1 Å². The number of nitrogens with one attached hydrogen (secondary N) is 1. The molecule has 1 saturated heterocycles. The van der Waals surface area contributed by atoms with E-state index in [0.29, 0.717) is 18.3 Å². The van der Waals surface area contributed by atoms with Crippen LogP contribution >= 0.6 is 0 Å². The maximum atomic E-state index is 12.1. The zero-order valence-corrected chi connectivity index (χ0v) is 14.7. The second-order valence-corrected chi connectivity index (χ2v) is 6.56. The smallest absolute Gasteiger partial charge is 0.404 e. The molecule has 3 rings (SSSR count). The standard InChI is InChI=1S/C19H22F3N3O2/c20-19(21,22)27-17-5-6-18(24-12-17)23-11-14-1-3-16(4-2-14)25-9-7-15(13-26)8-10-25/h1-6,12,15,26H,7-11,13H2,(H,23,24). The van der Waals surface area contributed by atoms with Crippen molar-refractivity contribution in [3.05, 3.63) is 48.2 Å². The molecule has 1 aliphatic heterocycles. The van der Waals surface area contributed by atoms with Gasteiger partial charge in [0.1, 0.15) is 11.6 Å². The molecule has 0 bridgehead atoms. The molecule has 0 aliphatic carbocycles. The number of alkyl halides is 3. The number of hydrogen-bond donors (Lipinski definition) is 2. The zero-order valence-electron chi connectivity index (χ0n) is 14.7. The third kappa shape index (κ3) is 5.75. The van der Waals surface area contributed by atoms with Crippen molar-refractivity contribution in [2.75, 3.05) is 29.9 Å². The Bertz CT molecular complexity index is 712. The first kappa shape index (κ1) is 19.3. The van der Waals surface area contributed by atoms with Gasteiger partial charge in [-0.05, 0) is 48.6 Å². The van der Waals surface area contributed by atoms with Crippen LogP contribution in [0.3, 0.4) is 0 Å². The lowest BCUT2D eigenvalue weighted by molar-refractivity contribution is -0.274.